The number of carbonyl (C=O) groups excluding carboxylic acids is 1. The van der Waals surface area contributed by atoms with E-state index in [1.807, 2.05) is 26.0 Å². The Bertz CT molecular complexity index is 825. The number of hydrogen-bond acceptors (Lipinski definition) is 3. The lowest BCUT2D eigenvalue weighted by Crippen LogP contribution is -2.35. The minimum atomic E-state index is -4.34. The first-order valence-corrected chi connectivity index (χ1v) is 9.14. The fourth-order valence-electron chi connectivity index (χ4n) is 3.34. The van der Waals surface area contributed by atoms with Gasteiger partial charge in [-0.1, -0.05) is 24.3 Å². The van der Waals surface area contributed by atoms with Gasteiger partial charge in [0.2, 0.25) is 5.91 Å². The molecule has 1 amide bonds. The second-order valence-electron chi connectivity index (χ2n) is 7.06. The number of amides is 1. The van der Waals surface area contributed by atoms with Crippen molar-refractivity contribution in [3.8, 4) is 5.75 Å². The number of ether oxygens (including phenoxy) is 1. The quantitative estimate of drug-likeness (QED) is 0.785. The Morgan fingerprint density at radius 2 is 1.75 bits per heavy atom. The van der Waals surface area contributed by atoms with Crippen LogP contribution in [0.4, 0.5) is 13.2 Å². The highest BCUT2D eigenvalue weighted by Crippen LogP contribution is 2.30. The molecule has 0 bridgehead atoms. The normalized spacial score (nSPS) is 16.9. The number of aryl methyl sites for hydroxylation is 2. The van der Waals surface area contributed by atoms with E-state index in [4.69, 9.17) is 4.74 Å². The van der Waals surface area contributed by atoms with E-state index in [1.165, 1.54) is 12.1 Å². The van der Waals surface area contributed by atoms with Crippen LogP contribution in [0.2, 0.25) is 0 Å². The van der Waals surface area contributed by atoms with Gasteiger partial charge in [0, 0.05) is 13.1 Å². The summed E-state index contributed by atoms with van der Waals surface area (Å²) in [6, 6.07) is 8.82. The maximum Gasteiger partial charge on any atom is 0.416 e. The highest BCUT2D eigenvalue weighted by atomic mass is 19.4. The lowest BCUT2D eigenvalue weighted by molar-refractivity contribution is -0.137. The van der Waals surface area contributed by atoms with Crippen LogP contribution in [0.1, 0.15) is 34.2 Å². The summed E-state index contributed by atoms with van der Waals surface area (Å²) in [5.74, 6) is 0.757. The van der Waals surface area contributed by atoms with Crippen LogP contribution in [-0.2, 0) is 24.1 Å². The minimum Gasteiger partial charge on any atom is -0.488 e. The molecule has 1 atom stereocenters. The molecular formula is C21H23F3N2O2. The van der Waals surface area contributed by atoms with Crippen LogP contribution in [0.15, 0.2) is 36.4 Å². The molecule has 2 aromatic carbocycles. The number of rotatable bonds is 6. The van der Waals surface area contributed by atoms with Gasteiger partial charge < -0.3 is 15.4 Å². The summed E-state index contributed by atoms with van der Waals surface area (Å²) in [6.45, 7) is 5.34. The van der Waals surface area contributed by atoms with E-state index >= 15 is 0 Å². The van der Waals surface area contributed by atoms with Gasteiger partial charge in [0.25, 0.3) is 0 Å². The third-order valence-corrected chi connectivity index (χ3v) is 4.79. The fourth-order valence-corrected chi connectivity index (χ4v) is 3.34. The number of nitrogens with one attached hydrogen (secondary N) is 2. The average Bonchev–Trinajstić information content (AvgIpc) is 3.04. The highest BCUT2D eigenvalue weighted by molar-refractivity contribution is 5.83. The van der Waals surface area contributed by atoms with Crippen molar-refractivity contribution in [2.24, 2.45) is 0 Å². The molecule has 1 fully saturated rings. The van der Waals surface area contributed by atoms with Crippen LogP contribution < -0.4 is 15.4 Å². The zero-order chi connectivity index (χ0) is 20.3. The lowest BCUT2D eigenvalue weighted by atomic mass is 10.0. The van der Waals surface area contributed by atoms with Crippen molar-refractivity contribution < 1.29 is 22.7 Å². The summed E-state index contributed by atoms with van der Waals surface area (Å²) in [6.07, 6.45) is -3.55. The smallest absolute Gasteiger partial charge is 0.416 e. The van der Waals surface area contributed by atoms with Crippen molar-refractivity contribution in [3.05, 3.63) is 64.2 Å². The summed E-state index contributed by atoms with van der Waals surface area (Å²) in [5.41, 5.74) is 2.94. The standard InChI is InChI=1S/C21H23F3N2O2/c1-13-9-16(11-26-18-7-8-25-20(18)27)10-14(2)19(13)28-12-15-3-5-17(6-4-15)21(22,23)24/h3-6,9-10,18,26H,7-8,11-12H2,1-2H3,(H,25,27)/t18-/m0/s1. The van der Waals surface area contributed by atoms with Gasteiger partial charge in [-0.2, -0.15) is 13.2 Å². The van der Waals surface area contributed by atoms with Crippen LogP contribution in [0.5, 0.6) is 5.75 Å². The molecule has 150 valence electrons. The molecule has 0 spiro atoms. The molecule has 1 aliphatic heterocycles. The number of halogens is 3. The molecule has 1 heterocycles. The van der Waals surface area contributed by atoms with Crippen LogP contribution in [0.3, 0.4) is 0 Å². The zero-order valence-corrected chi connectivity index (χ0v) is 15.8. The molecule has 28 heavy (non-hydrogen) atoms. The number of hydrogen-bond donors (Lipinski definition) is 2. The molecule has 0 aliphatic carbocycles. The molecule has 0 radical (unpaired) electrons. The maximum atomic E-state index is 12.6. The lowest BCUT2D eigenvalue weighted by Gasteiger charge is -2.16. The van der Waals surface area contributed by atoms with E-state index < -0.39 is 11.7 Å². The van der Waals surface area contributed by atoms with Gasteiger partial charge in [-0.3, -0.25) is 4.79 Å². The molecule has 4 nitrogen and oxygen atoms in total. The van der Waals surface area contributed by atoms with Crippen molar-refractivity contribution in [2.45, 2.75) is 45.6 Å². The largest absolute Gasteiger partial charge is 0.488 e. The molecule has 1 saturated heterocycles. The van der Waals surface area contributed by atoms with E-state index in [0.29, 0.717) is 18.7 Å². The van der Waals surface area contributed by atoms with E-state index in [1.54, 1.807) is 0 Å². The van der Waals surface area contributed by atoms with Crippen molar-refractivity contribution in [2.75, 3.05) is 6.54 Å². The average molecular weight is 392 g/mol. The van der Waals surface area contributed by atoms with Crippen molar-refractivity contribution in [3.63, 3.8) is 0 Å². The Kier molecular flexibility index (Phi) is 5.93. The van der Waals surface area contributed by atoms with Crippen molar-refractivity contribution in [1.82, 2.24) is 10.6 Å². The molecule has 0 unspecified atom stereocenters. The van der Waals surface area contributed by atoms with Gasteiger partial charge in [-0.15, -0.1) is 0 Å². The molecule has 0 saturated carbocycles. The Morgan fingerprint density at radius 1 is 1.11 bits per heavy atom. The molecule has 0 aromatic heterocycles. The van der Waals surface area contributed by atoms with Gasteiger partial charge in [0.05, 0.1) is 11.6 Å². The SMILES string of the molecule is Cc1cc(CN[C@H]2CCNC2=O)cc(C)c1OCc1ccc(C(F)(F)F)cc1. The summed E-state index contributed by atoms with van der Waals surface area (Å²) < 4.78 is 43.8. The number of benzene rings is 2. The van der Waals surface area contributed by atoms with Gasteiger partial charge in [-0.05, 0) is 54.7 Å². The van der Waals surface area contributed by atoms with E-state index in [9.17, 15) is 18.0 Å². The first-order chi connectivity index (χ1) is 13.2. The Balaban J connectivity index is 1.62. The van der Waals surface area contributed by atoms with Gasteiger partial charge in [0.1, 0.15) is 12.4 Å². The van der Waals surface area contributed by atoms with Gasteiger partial charge >= 0.3 is 6.18 Å². The fraction of sp³-hybridized carbons (Fsp3) is 0.381. The molecule has 2 aromatic rings. The van der Waals surface area contributed by atoms with Crippen molar-refractivity contribution in [1.29, 1.82) is 0 Å². The van der Waals surface area contributed by atoms with E-state index in [0.717, 1.165) is 41.0 Å². The summed E-state index contributed by atoms with van der Waals surface area (Å²) >= 11 is 0. The topological polar surface area (TPSA) is 50.4 Å². The number of carbonyl (C=O) groups is 1. The molecule has 1 aliphatic rings. The summed E-state index contributed by atoms with van der Waals surface area (Å²) in [7, 11) is 0. The van der Waals surface area contributed by atoms with E-state index in [-0.39, 0.29) is 18.6 Å². The first kappa shape index (κ1) is 20.2. The third kappa shape index (κ3) is 4.84. The molecule has 7 heteroatoms. The van der Waals surface area contributed by atoms with Gasteiger partial charge in [-0.25, -0.2) is 0 Å². The van der Waals surface area contributed by atoms with Crippen LogP contribution in [0.25, 0.3) is 0 Å². The predicted octanol–water partition coefficient (Wildman–Crippen LogP) is 3.88. The van der Waals surface area contributed by atoms with Crippen LogP contribution >= 0.6 is 0 Å². The molecule has 3 rings (SSSR count). The monoisotopic (exact) mass is 392 g/mol. The van der Waals surface area contributed by atoms with Gasteiger partial charge in [0.15, 0.2) is 0 Å². The minimum absolute atomic E-state index is 0.0324. The first-order valence-electron chi connectivity index (χ1n) is 9.14. The zero-order valence-electron chi connectivity index (χ0n) is 15.8. The van der Waals surface area contributed by atoms with E-state index in [2.05, 4.69) is 10.6 Å². The maximum absolute atomic E-state index is 12.6. The molecule has 2 N–H and O–H groups in total. The molecular weight excluding hydrogens is 369 g/mol. The van der Waals surface area contributed by atoms with Crippen LogP contribution in [0, 0.1) is 13.8 Å². The Hall–Kier alpha value is -2.54. The Labute approximate surface area is 162 Å². The third-order valence-electron chi connectivity index (χ3n) is 4.79. The predicted molar refractivity (Wildman–Crippen MR) is 99.9 cm³/mol. The second-order valence-corrected chi connectivity index (χ2v) is 7.06. The van der Waals surface area contributed by atoms with Crippen LogP contribution in [-0.4, -0.2) is 18.5 Å². The van der Waals surface area contributed by atoms with Crippen molar-refractivity contribution >= 4 is 5.91 Å². The summed E-state index contributed by atoms with van der Waals surface area (Å²) in [5, 5.41) is 6.05. The Morgan fingerprint density at radius 3 is 2.29 bits per heavy atom. The second kappa shape index (κ2) is 8.22. The number of alkyl halides is 3. The summed E-state index contributed by atoms with van der Waals surface area (Å²) in [4.78, 5) is 11.6. The highest BCUT2D eigenvalue weighted by Gasteiger charge is 2.30.